The molecule has 1 fully saturated rings. The molecule has 1 unspecified atom stereocenters. The van der Waals surface area contributed by atoms with Crippen molar-refractivity contribution in [1.29, 1.82) is 0 Å². The van der Waals surface area contributed by atoms with E-state index in [1.807, 2.05) is 0 Å². The maximum atomic E-state index is 9.37. The van der Waals surface area contributed by atoms with E-state index >= 15 is 0 Å². The highest BCUT2D eigenvalue weighted by Gasteiger charge is 2.34. The lowest BCUT2D eigenvalue weighted by atomic mass is 9.84. The third kappa shape index (κ3) is 2.47. The first kappa shape index (κ1) is 12.4. The van der Waals surface area contributed by atoms with Crippen molar-refractivity contribution >= 4 is 5.69 Å². The average molecular weight is 233 g/mol. The molecule has 0 aliphatic carbocycles. The summed E-state index contributed by atoms with van der Waals surface area (Å²) in [4.78, 5) is 2.46. The number of aryl methyl sites for hydroxylation is 1. The van der Waals surface area contributed by atoms with Crippen molar-refractivity contribution in [2.24, 2.45) is 5.92 Å². The van der Waals surface area contributed by atoms with Crippen molar-refractivity contribution in [3.05, 3.63) is 29.8 Å². The number of anilines is 1. The summed E-state index contributed by atoms with van der Waals surface area (Å²) in [5, 5.41) is 9.37. The van der Waals surface area contributed by atoms with E-state index < -0.39 is 0 Å². The average Bonchev–Trinajstić information content (AvgIpc) is 2.30. The van der Waals surface area contributed by atoms with Gasteiger partial charge in [-0.05, 0) is 51.2 Å². The minimum absolute atomic E-state index is 0.192. The Balaban J connectivity index is 2.30. The van der Waals surface area contributed by atoms with E-state index in [0.717, 1.165) is 19.4 Å². The molecule has 1 aliphatic heterocycles. The van der Waals surface area contributed by atoms with Crippen LogP contribution >= 0.6 is 0 Å². The highest BCUT2D eigenvalue weighted by molar-refractivity contribution is 5.55. The number of aliphatic hydroxyl groups is 1. The molecule has 1 saturated heterocycles. The SMILES string of the molecule is Cc1ccccc1N1CC(CO)CCC1(C)C. The zero-order chi connectivity index (χ0) is 12.5. The van der Waals surface area contributed by atoms with Crippen molar-refractivity contribution in [3.8, 4) is 0 Å². The number of nitrogens with zero attached hydrogens (tertiary/aromatic N) is 1. The van der Waals surface area contributed by atoms with Gasteiger partial charge in [0.1, 0.15) is 0 Å². The predicted octanol–water partition coefficient (Wildman–Crippen LogP) is 2.98. The maximum Gasteiger partial charge on any atom is 0.0476 e. The summed E-state index contributed by atoms with van der Waals surface area (Å²) in [6.07, 6.45) is 2.28. The summed E-state index contributed by atoms with van der Waals surface area (Å²) in [5.74, 6) is 0.419. The van der Waals surface area contributed by atoms with Gasteiger partial charge in [-0.15, -0.1) is 0 Å². The van der Waals surface area contributed by atoms with E-state index in [4.69, 9.17) is 0 Å². The molecule has 94 valence electrons. The van der Waals surface area contributed by atoms with Crippen LogP contribution in [0.3, 0.4) is 0 Å². The third-order valence-electron chi connectivity index (χ3n) is 4.00. The molecule has 1 aliphatic rings. The van der Waals surface area contributed by atoms with Crippen LogP contribution in [-0.2, 0) is 0 Å². The fraction of sp³-hybridized carbons (Fsp3) is 0.600. The van der Waals surface area contributed by atoms with Crippen LogP contribution in [0.25, 0.3) is 0 Å². The van der Waals surface area contributed by atoms with E-state index in [1.165, 1.54) is 11.3 Å². The van der Waals surface area contributed by atoms with Crippen LogP contribution < -0.4 is 4.90 Å². The van der Waals surface area contributed by atoms with Crippen molar-refractivity contribution in [1.82, 2.24) is 0 Å². The van der Waals surface area contributed by atoms with Crippen LogP contribution in [0.1, 0.15) is 32.3 Å². The Morgan fingerprint density at radius 2 is 2.06 bits per heavy atom. The fourth-order valence-corrected chi connectivity index (χ4v) is 2.73. The third-order valence-corrected chi connectivity index (χ3v) is 4.00. The monoisotopic (exact) mass is 233 g/mol. The summed E-state index contributed by atoms with van der Waals surface area (Å²) in [5.41, 5.74) is 2.83. The van der Waals surface area contributed by atoms with Gasteiger partial charge in [0.2, 0.25) is 0 Å². The molecular weight excluding hydrogens is 210 g/mol. The molecule has 2 nitrogen and oxygen atoms in total. The number of aliphatic hydroxyl groups excluding tert-OH is 1. The molecule has 0 saturated carbocycles. The molecule has 1 aromatic rings. The van der Waals surface area contributed by atoms with Crippen molar-refractivity contribution in [2.45, 2.75) is 39.2 Å². The van der Waals surface area contributed by atoms with E-state index in [0.29, 0.717) is 12.5 Å². The van der Waals surface area contributed by atoms with Crippen LogP contribution in [0.15, 0.2) is 24.3 Å². The molecule has 1 heterocycles. The van der Waals surface area contributed by atoms with Crippen molar-refractivity contribution in [2.75, 3.05) is 18.1 Å². The van der Waals surface area contributed by atoms with Gasteiger partial charge in [0.15, 0.2) is 0 Å². The van der Waals surface area contributed by atoms with Crippen LogP contribution in [0.4, 0.5) is 5.69 Å². The first-order valence-corrected chi connectivity index (χ1v) is 6.49. The highest BCUT2D eigenvalue weighted by atomic mass is 16.3. The van der Waals surface area contributed by atoms with Gasteiger partial charge in [0, 0.05) is 24.4 Å². The summed E-state index contributed by atoms with van der Waals surface area (Å²) in [6, 6.07) is 8.53. The van der Waals surface area contributed by atoms with Crippen molar-refractivity contribution < 1.29 is 5.11 Å². The standard InChI is InChI=1S/C15H23NO/c1-12-6-4-5-7-14(12)16-10-13(11-17)8-9-15(16,2)3/h4-7,13,17H,8-11H2,1-3H3. The minimum Gasteiger partial charge on any atom is -0.396 e. The van der Waals surface area contributed by atoms with Gasteiger partial charge in [-0.3, -0.25) is 0 Å². The van der Waals surface area contributed by atoms with Crippen LogP contribution in [0.2, 0.25) is 0 Å². The molecule has 2 heteroatoms. The number of para-hydroxylation sites is 1. The lowest BCUT2D eigenvalue weighted by molar-refractivity contribution is 0.181. The normalized spacial score (nSPS) is 23.8. The first-order chi connectivity index (χ1) is 8.04. The van der Waals surface area contributed by atoms with E-state index in [2.05, 4.69) is 49.9 Å². The Labute approximate surface area is 104 Å². The number of piperidine rings is 1. The zero-order valence-electron chi connectivity index (χ0n) is 11.1. The summed E-state index contributed by atoms with van der Waals surface area (Å²) < 4.78 is 0. The summed E-state index contributed by atoms with van der Waals surface area (Å²) >= 11 is 0. The van der Waals surface area contributed by atoms with Crippen LogP contribution in [-0.4, -0.2) is 23.8 Å². The van der Waals surface area contributed by atoms with E-state index in [9.17, 15) is 5.11 Å². The van der Waals surface area contributed by atoms with Gasteiger partial charge in [-0.2, -0.15) is 0 Å². The second-order valence-corrected chi connectivity index (χ2v) is 5.80. The van der Waals surface area contributed by atoms with Gasteiger partial charge in [0.05, 0.1) is 0 Å². The second kappa shape index (κ2) is 4.69. The van der Waals surface area contributed by atoms with Gasteiger partial charge in [0.25, 0.3) is 0 Å². The summed E-state index contributed by atoms with van der Waals surface area (Å²) in [6.45, 7) is 8.03. The molecule has 0 amide bonds. The molecule has 1 atom stereocenters. The predicted molar refractivity (Wildman–Crippen MR) is 72.4 cm³/mol. The van der Waals surface area contributed by atoms with E-state index in [1.54, 1.807) is 0 Å². The smallest absolute Gasteiger partial charge is 0.0476 e. The molecule has 17 heavy (non-hydrogen) atoms. The Hall–Kier alpha value is -1.02. The number of rotatable bonds is 2. The highest BCUT2D eigenvalue weighted by Crippen LogP contribution is 2.35. The largest absolute Gasteiger partial charge is 0.396 e. The molecule has 0 aromatic heterocycles. The van der Waals surface area contributed by atoms with Crippen LogP contribution in [0.5, 0.6) is 0 Å². The van der Waals surface area contributed by atoms with Gasteiger partial charge >= 0.3 is 0 Å². The number of hydrogen-bond acceptors (Lipinski definition) is 2. The molecule has 0 radical (unpaired) electrons. The number of hydrogen-bond donors (Lipinski definition) is 1. The lowest BCUT2D eigenvalue weighted by Crippen LogP contribution is -2.51. The molecule has 2 rings (SSSR count). The Kier molecular flexibility index (Phi) is 3.43. The van der Waals surface area contributed by atoms with Gasteiger partial charge < -0.3 is 10.0 Å². The quantitative estimate of drug-likeness (QED) is 0.849. The number of benzene rings is 1. The summed E-state index contributed by atoms with van der Waals surface area (Å²) in [7, 11) is 0. The van der Waals surface area contributed by atoms with Gasteiger partial charge in [-0.1, -0.05) is 18.2 Å². The minimum atomic E-state index is 0.192. The van der Waals surface area contributed by atoms with Crippen molar-refractivity contribution in [3.63, 3.8) is 0 Å². The van der Waals surface area contributed by atoms with E-state index in [-0.39, 0.29) is 5.54 Å². The Bertz CT molecular complexity index is 386. The molecular formula is C15H23NO. The first-order valence-electron chi connectivity index (χ1n) is 6.49. The molecule has 0 spiro atoms. The lowest BCUT2D eigenvalue weighted by Gasteiger charge is -2.47. The Morgan fingerprint density at radius 3 is 2.71 bits per heavy atom. The van der Waals surface area contributed by atoms with Crippen LogP contribution in [0, 0.1) is 12.8 Å². The fourth-order valence-electron chi connectivity index (χ4n) is 2.73. The second-order valence-electron chi connectivity index (χ2n) is 5.80. The maximum absolute atomic E-state index is 9.37. The topological polar surface area (TPSA) is 23.5 Å². The molecule has 1 aromatic carbocycles. The van der Waals surface area contributed by atoms with Gasteiger partial charge in [-0.25, -0.2) is 0 Å². The molecule has 0 bridgehead atoms. The Morgan fingerprint density at radius 1 is 1.35 bits per heavy atom. The zero-order valence-corrected chi connectivity index (χ0v) is 11.1. The molecule has 1 N–H and O–H groups in total.